The van der Waals surface area contributed by atoms with E-state index >= 15 is 0 Å². The first kappa shape index (κ1) is 34.2. The lowest BCUT2D eigenvalue weighted by molar-refractivity contribution is -0.121. The van der Waals surface area contributed by atoms with Gasteiger partial charge in [-0.1, -0.05) is 18.6 Å². The molecule has 1 aromatic carbocycles. The van der Waals surface area contributed by atoms with E-state index in [1.807, 2.05) is 12.1 Å². The summed E-state index contributed by atoms with van der Waals surface area (Å²) in [6.45, 7) is 2.20. The number of carbonyl (C=O) groups excluding carboxylic acids is 2. The van der Waals surface area contributed by atoms with Crippen molar-refractivity contribution in [1.82, 2.24) is 10.6 Å². The first-order valence-electron chi connectivity index (χ1n) is 13.3. The van der Waals surface area contributed by atoms with Gasteiger partial charge >= 0.3 is 0 Å². The molecule has 0 aliphatic heterocycles. The summed E-state index contributed by atoms with van der Waals surface area (Å²) in [6, 6.07) is 5.52. The average molecular weight is 580 g/mol. The van der Waals surface area contributed by atoms with Gasteiger partial charge in [-0.15, -0.1) is 0 Å². The maximum Gasteiger partial charge on any atom is 0.266 e. The molecule has 0 unspecified atom stereocenters. The lowest BCUT2D eigenvalue weighted by Crippen LogP contribution is -2.32. The highest BCUT2D eigenvalue weighted by Gasteiger charge is 2.09. The minimum absolute atomic E-state index is 0.0407. The van der Waals surface area contributed by atoms with E-state index in [4.69, 9.17) is 38.1 Å². The highest BCUT2D eigenvalue weighted by molar-refractivity contribution is 7.79. The molecule has 0 aromatic heterocycles. The maximum absolute atomic E-state index is 12.2. The van der Waals surface area contributed by atoms with Gasteiger partial charge in [-0.25, -0.2) is 0 Å². The first-order valence-corrected chi connectivity index (χ1v) is 14.0. The van der Waals surface area contributed by atoms with Crippen molar-refractivity contribution in [1.29, 1.82) is 0 Å². The lowest BCUT2D eigenvalue weighted by atomic mass is 10.2. The van der Waals surface area contributed by atoms with Gasteiger partial charge in [0.15, 0.2) is 23.4 Å². The molecule has 12 N–H and O–H groups in total. The number of nitrogens with zero attached hydrogens (tertiary/aromatic N) is 2. The molecule has 0 fully saturated rings. The molecule has 224 valence electrons. The normalized spacial score (nSPS) is 10.9. The topological polar surface area (TPSA) is 231 Å². The molecule has 0 bridgehead atoms. The summed E-state index contributed by atoms with van der Waals surface area (Å²) in [6.07, 6.45) is 6.81. The van der Waals surface area contributed by atoms with Crippen LogP contribution in [0.15, 0.2) is 40.0 Å². The predicted molar refractivity (Wildman–Crippen MR) is 162 cm³/mol. The molecule has 1 aromatic rings. The molecule has 14 heteroatoms. The third-order valence-corrected chi connectivity index (χ3v) is 5.77. The third-order valence-electron chi connectivity index (χ3n) is 5.41. The van der Waals surface area contributed by atoms with Gasteiger partial charge in [0.1, 0.15) is 13.2 Å². The minimum Gasteiger partial charge on any atom is -0.488 e. The number of nitrogens with two attached hydrogens (primary N) is 5. The molecule has 1 rings (SSSR count). The fourth-order valence-corrected chi connectivity index (χ4v) is 3.54. The van der Waals surface area contributed by atoms with Gasteiger partial charge in [-0.05, 0) is 49.8 Å². The van der Waals surface area contributed by atoms with Crippen molar-refractivity contribution < 1.29 is 19.1 Å². The van der Waals surface area contributed by atoms with E-state index in [0.29, 0.717) is 49.7 Å². The summed E-state index contributed by atoms with van der Waals surface area (Å²) in [5.74, 6) is 1.34. The largest absolute Gasteiger partial charge is 0.488 e. The number of unbranched alkanes of at least 4 members (excludes halogenated alkanes) is 4. The molecule has 40 heavy (non-hydrogen) atoms. The van der Waals surface area contributed by atoms with Crippen LogP contribution in [0.25, 0.3) is 0 Å². The van der Waals surface area contributed by atoms with Crippen LogP contribution in [0.1, 0.15) is 50.5 Å². The van der Waals surface area contributed by atoms with Crippen LogP contribution >= 0.6 is 12.6 Å². The molecule has 0 radical (unpaired) electrons. The van der Waals surface area contributed by atoms with Gasteiger partial charge in [0.05, 0.1) is 18.8 Å². The molecule has 13 nitrogen and oxygen atoms in total. The summed E-state index contributed by atoms with van der Waals surface area (Å²) < 4.78 is 11.7. The second-order valence-corrected chi connectivity index (χ2v) is 9.14. The van der Waals surface area contributed by atoms with Gasteiger partial charge in [-0.3, -0.25) is 19.6 Å². The number of carbonyl (C=O) groups is 2. The quantitative estimate of drug-likeness (QED) is 0.0327. The molecule has 0 saturated heterocycles. The molecule has 0 aliphatic carbocycles. The van der Waals surface area contributed by atoms with Crippen LogP contribution in [0, 0.1) is 0 Å². The van der Waals surface area contributed by atoms with Crippen LogP contribution in [-0.4, -0.2) is 63.1 Å². The van der Waals surface area contributed by atoms with Crippen molar-refractivity contribution in [3.8, 4) is 11.5 Å². The SMILES string of the molecule is NC(=CCCCCN=C(N)N)C(=O)NCCOc1ccc(CS)cc1OCCNC(=O)CCCCCN=C(N)N. The van der Waals surface area contributed by atoms with Crippen LogP contribution in [-0.2, 0) is 15.3 Å². The zero-order valence-corrected chi connectivity index (χ0v) is 24.0. The molecule has 2 amide bonds. The number of hydrogen-bond donors (Lipinski definition) is 8. The van der Waals surface area contributed by atoms with Crippen molar-refractivity contribution in [2.24, 2.45) is 38.7 Å². The number of hydrogen-bond acceptors (Lipinski definition) is 8. The Hall–Kier alpha value is -3.81. The number of guanidine groups is 2. The van der Waals surface area contributed by atoms with Crippen molar-refractivity contribution in [3.63, 3.8) is 0 Å². The summed E-state index contributed by atoms with van der Waals surface area (Å²) in [7, 11) is 0. The Bertz CT molecular complexity index is 994. The number of amides is 2. The number of thiol groups is 1. The van der Waals surface area contributed by atoms with Gasteiger partial charge in [0.2, 0.25) is 5.91 Å². The molecule has 0 aliphatic rings. The number of allylic oxidation sites excluding steroid dienone is 1. The second-order valence-electron chi connectivity index (χ2n) is 8.82. The molecular formula is C26H45N9O4S. The zero-order chi connectivity index (χ0) is 29.6. The summed E-state index contributed by atoms with van der Waals surface area (Å²) in [5, 5.41) is 5.58. The van der Waals surface area contributed by atoms with Crippen LogP contribution in [0.3, 0.4) is 0 Å². The van der Waals surface area contributed by atoms with E-state index in [2.05, 4.69) is 33.2 Å². The Kier molecular flexibility index (Phi) is 18.0. The fraction of sp³-hybridized carbons (Fsp3) is 0.538. The van der Waals surface area contributed by atoms with E-state index in [0.717, 1.165) is 37.7 Å². The average Bonchev–Trinajstić information content (AvgIpc) is 2.92. The van der Waals surface area contributed by atoms with E-state index in [1.54, 1.807) is 12.1 Å². The van der Waals surface area contributed by atoms with E-state index in [1.165, 1.54) is 0 Å². The Balaban J connectivity index is 2.36. The summed E-state index contributed by atoms with van der Waals surface area (Å²) in [5.41, 5.74) is 28.1. The molecule has 0 atom stereocenters. The maximum atomic E-state index is 12.2. The zero-order valence-electron chi connectivity index (χ0n) is 23.1. The molecule has 0 saturated carbocycles. The van der Waals surface area contributed by atoms with Crippen molar-refractivity contribution >= 4 is 36.4 Å². The van der Waals surface area contributed by atoms with Crippen LogP contribution in [0.2, 0.25) is 0 Å². The summed E-state index contributed by atoms with van der Waals surface area (Å²) >= 11 is 4.31. The van der Waals surface area contributed by atoms with Gasteiger partial charge in [0, 0.05) is 25.3 Å². The Morgan fingerprint density at radius 2 is 1.45 bits per heavy atom. The van der Waals surface area contributed by atoms with Crippen LogP contribution < -0.4 is 48.8 Å². The molecular weight excluding hydrogens is 534 g/mol. The molecule has 0 heterocycles. The first-order chi connectivity index (χ1) is 19.2. The van der Waals surface area contributed by atoms with Gasteiger partial charge in [-0.2, -0.15) is 12.6 Å². The predicted octanol–water partition coefficient (Wildman–Crippen LogP) is 0.227. The Labute approximate surface area is 241 Å². The number of benzene rings is 1. The number of aliphatic imine (C=N–C) groups is 2. The molecule has 0 spiro atoms. The Morgan fingerprint density at radius 1 is 0.825 bits per heavy atom. The number of nitrogens with one attached hydrogen (secondary N) is 2. The highest BCUT2D eigenvalue weighted by atomic mass is 32.1. The summed E-state index contributed by atoms with van der Waals surface area (Å²) in [4.78, 5) is 32.0. The highest BCUT2D eigenvalue weighted by Crippen LogP contribution is 2.29. The van der Waals surface area contributed by atoms with Crippen LogP contribution in [0.5, 0.6) is 11.5 Å². The fourth-order valence-electron chi connectivity index (χ4n) is 3.35. The van der Waals surface area contributed by atoms with Crippen LogP contribution in [0.4, 0.5) is 0 Å². The smallest absolute Gasteiger partial charge is 0.266 e. The monoisotopic (exact) mass is 579 g/mol. The van der Waals surface area contributed by atoms with E-state index < -0.39 is 0 Å². The second kappa shape index (κ2) is 21.1. The van der Waals surface area contributed by atoms with Crippen molar-refractivity contribution in [2.75, 3.05) is 39.4 Å². The van der Waals surface area contributed by atoms with E-state index in [9.17, 15) is 9.59 Å². The number of rotatable bonds is 21. The van der Waals surface area contributed by atoms with E-state index in [-0.39, 0.29) is 49.2 Å². The standard InChI is InChI=1S/C26H45N9O4S/c27-20(7-3-1-5-11-34-25(28)29)24(37)33-14-16-38-21-10-9-19(18-40)17-22(21)39-15-13-32-23(36)8-4-2-6-12-35-26(30)31/h7,9-10,17,40H,1-6,8,11-16,18,27H2,(H,32,36)(H,33,37)(H4,28,29,34)(H4,30,31,35). The number of ether oxygens (including phenoxy) is 2. The third kappa shape index (κ3) is 16.9. The minimum atomic E-state index is -0.362. The van der Waals surface area contributed by atoms with Gasteiger partial charge in [0.25, 0.3) is 5.91 Å². The van der Waals surface area contributed by atoms with Crippen molar-refractivity contribution in [2.45, 2.75) is 50.7 Å². The van der Waals surface area contributed by atoms with Crippen molar-refractivity contribution in [3.05, 3.63) is 35.5 Å². The Morgan fingerprint density at radius 3 is 2.10 bits per heavy atom. The lowest BCUT2D eigenvalue weighted by Gasteiger charge is -2.15. The van der Waals surface area contributed by atoms with Gasteiger partial charge < -0.3 is 48.8 Å².